The SMILES string of the molecule is N[C@H]1CCN(C(=O)c2cc(-c3cc(=NC4CC4)n4ncc(=Cc5[nH]c(=O)[nH]c5O)c4n3)cs2)C1. The van der Waals surface area contributed by atoms with E-state index in [1.165, 1.54) is 11.3 Å². The fraction of sp³-hybridized carbons (Fsp3) is 0.318. The number of aromatic nitrogens is 5. The zero-order valence-electron chi connectivity index (χ0n) is 18.1. The second-order valence-corrected chi connectivity index (χ2v) is 9.59. The maximum atomic E-state index is 12.9. The van der Waals surface area contributed by atoms with Gasteiger partial charge >= 0.3 is 5.69 Å². The van der Waals surface area contributed by atoms with Gasteiger partial charge in [-0.05, 0) is 31.4 Å². The molecule has 0 bridgehead atoms. The molecule has 1 aliphatic heterocycles. The molecule has 2 fully saturated rings. The zero-order valence-corrected chi connectivity index (χ0v) is 18.9. The van der Waals surface area contributed by atoms with E-state index >= 15 is 0 Å². The van der Waals surface area contributed by atoms with Gasteiger partial charge in [-0.25, -0.2) is 9.78 Å². The van der Waals surface area contributed by atoms with Crippen LogP contribution in [0.5, 0.6) is 5.88 Å². The molecule has 1 amide bonds. The van der Waals surface area contributed by atoms with Crippen molar-refractivity contribution in [2.75, 3.05) is 13.1 Å². The van der Waals surface area contributed by atoms with E-state index in [1.807, 2.05) is 17.5 Å². The van der Waals surface area contributed by atoms with Crippen molar-refractivity contribution in [3.63, 3.8) is 0 Å². The van der Waals surface area contributed by atoms with E-state index in [9.17, 15) is 14.7 Å². The molecule has 174 valence electrons. The van der Waals surface area contributed by atoms with Gasteiger partial charge in [0.05, 0.1) is 22.8 Å². The molecule has 11 nitrogen and oxygen atoms in total. The first-order chi connectivity index (χ1) is 16.4. The minimum absolute atomic E-state index is 0.0153. The quantitative estimate of drug-likeness (QED) is 0.322. The number of fused-ring (bicyclic) bond motifs is 1. The first-order valence-electron chi connectivity index (χ1n) is 11.0. The number of carbonyl (C=O) groups excluding carboxylic acids is 1. The third-order valence-electron chi connectivity index (χ3n) is 6.00. The van der Waals surface area contributed by atoms with Crippen molar-refractivity contribution in [1.82, 2.24) is 29.5 Å². The number of aromatic hydroxyl groups is 1. The first-order valence-corrected chi connectivity index (χ1v) is 11.9. The van der Waals surface area contributed by atoms with Crippen LogP contribution in [0.25, 0.3) is 23.0 Å². The van der Waals surface area contributed by atoms with Gasteiger partial charge in [0, 0.05) is 41.4 Å². The molecule has 1 saturated carbocycles. The molecule has 1 saturated heterocycles. The van der Waals surface area contributed by atoms with Gasteiger partial charge in [0.25, 0.3) is 5.91 Å². The summed E-state index contributed by atoms with van der Waals surface area (Å²) in [4.78, 5) is 41.3. The number of hydrogen-bond donors (Lipinski definition) is 4. The smallest absolute Gasteiger partial charge is 0.326 e. The van der Waals surface area contributed by atoms with Crippen molar-refractivity contribution >= 4 is 29.0 Å². The number of carbonyl (C=O) groups is 1. The average molecular weight is 479 g/mol. The molecule has 1 aliphatic carbocycles. The van der Waals surface area contributed by atoms with E-state index in [0.29, 0.717) is 40.0 Å². The maximum Gasteiger partial charge on any atom is 0.326 e. The molecule has 4 aromatic rings. The highest BCUT2D eigenvalue weighted by atomic mass is 32.1. The Bertz CT molecular complexity index is 1590. The highest BCUT2D eigenvalue weighted by molar-refractivity contribution is 7.12. The average Bonchev–Trinajstić information content (AvgIpc) is 3.18. The molecule has 6 rings (SSSR count). The molecule has 0 spiro atoms. The van der Waals surface area contributed by atoms with Crippen molar-refractivity contribution in [2.45, 2.75) is 31.3 Å². The summed E-state index contributed by atoms with van der Waals surface area (Å²) in [5, 5.41) is 16.9. The predicted molar refractivity (Wildman–Crippen MR) is 125 cm³/mol. The molecule has 0 unspecified atom stereocenters. The Balaban J connectivity index is 1.46. The van der Waals surface area contributed by atoms with Gasteiger partial charge < -0.3 is 20.7 Å². The van der Waals surface area contributed by atoms with Crippen LogP contribution < -0.4 is 22.1 Å². The second-order valence-electron chi connectivity index (χ2n) is 8.68. The van der Waals surface area contributed by atoms with E-state index in [4.69, 9.17) is 15.7 Å². The monoisotopic (exact) mass is 478 g/mol. The maximum absolute atomic E-state index is 12.9. The van der Waals surface area contributed by atoms with E-state index < -0.39 is 5.69 Å². The Labute approximate surface area is 196 Å². The summed E-state index contributed by atoms with van der Waals surface area (Å²) >= 11 is 1.38. The molecule has 12 heteroatoms. The fourth-order valence-electron chi connectivity index (χ4n) is 4.05. The van der Waals surface area contributed by atoms with Crippen molar-refractivity contribution < 1.29 is 9.90 Å². The van der Waals surface area contributed by atoms with E-state index in [-0.39, 0.29) is 29.6 Å². The van der Waals surface area contributed by atoms with E-state index in [2.05, 4.69) is 15.1 Å². The van der Waals surface area contributed by atoms with Crippen LogP contribution in [0.15, 0.2) is 33.5 Å². The Morgan fingerprint density at radius 3 is 2.85 bits per heavy atom. The Morgan fingerprint density at radius 1 is 1.29 bits per heavy atom. The van der Waals surface area contributed by atoms with Crippen LogP contribution in [0.1, 0.15) is 34.6 Å². The molecule has 5 heterocycles. The van der Waals surface area contributed by atoms with E-state index in [1.54, 1.807) is 21.7 Å². The van der Waals surface area contributed by atoms with E-state index in [0.717, 1.165) is 24.8 Å². The van der Waals surface area contributed by atoms with Crippen LogP contribution in [0.4, 0.5) is 0 Å². The number of nitrogens with one attached hydrogen (secondary N) is 2. The fourth-order valence-corrected chi connectivity index (χ4v) is 4.92. The summed E-state index contributed by atoms with van der Waals surface area (Å²) in [5.41, 5.74) is 8.37. The van der Waals surface area contributed by atoms with Gasteiger partial charge in [-0.3, -0.25) is 14.8 Å². The lowest BCUT2D eigenvalue weighted by atomic mass is 10.2. The number of nitrogens with two attached hydrogens (primary N) is 1. The van der Waals surface area contributed by atoms with Gasteiger partial charge in [-0.15, -0.1) is 11.3 Å². The molecule has 34 heavy (non-hydrogen) atoms. The molecule has 1 atom stereocenters. The van der Waals surface area contributed by atoms with Crippen molar-refractivity contribution in [1.29, 1.82) is 0 Å². The normalized spacial score (nSPS) is 19.6. The van der Waals surface area contributed by atoms with Gasteiger partial charge in [0.1, 0.15) is 5.69 Å². The third kappa shape index (κ3) is 3.80. The minimum atomic E-state index is -0.507. The highest BCUT2D eigenvalue weighted by Gasteiger charge is 2.26. The highest BCUT2D eigenvalue weighted by Crippen LogP contribution is 2.26. The van der Waals surface area contributed by atoms with Crippen molar-refractivity contribution in [3.05, 3.63) is 55.5 Å². The van der Waals surface area contributed by atoms with Gasteiger partial charge in [0.15, 0.2) is 11.1 Å². The van der Waals surface area contributed by atoms with Gasteiger partial charge in [-0.2, -0.15) is 9.61 Å². The van der Waals surface area contributed by atoms with Crippen molar-refractivity contribution in [2.24, 2.45) is 10.7 Å². The van der Waals surface area contributed by atoms with Crippen molar-refractivity contribution in [3.8, 4) is 17.1 Å². The largest absolute Gasteiger partial charge is 0.493 e. The predicted octanol–water partition coefficient (Wildman–Crippen LogP) is -0.0362. The van der Waals surface area contributed by atoms with Crippen LogP contribution in [-0.2, 0) is 0 Å². The number of aromatic amines is 2. The van der Waals surface area contributed by atoms with Crippen LogP contribution in [-0.4, -0.2) is 65.7 Å². The molecule has 0 radical (unpaired) electrons. The Hall–Kier alpha value is -3.77. The number of imidazole rings is 1. The zero-order chi connectivity index (χ0) is 23.4. The molecule has 2 aliphatic rings. The van der Waals surface area contributed by atoms with Crippen LogP contribution in [0.3, 0.4) is 0 Å². The Morgan fingerprint density at radius 2 is 2.15 bits per heavy atom. The number of hydrogen-bond acceptors (Lipinski definition) is 8. The molecule has 0 aromatic carbocycles. The summed E-state index contributed by atoms with van der Waals surface area (Å²) in [6.07, 6.45) is 6.10. The van der Waals surface area contributed by atoms with Crippen LogP contribution >= 0.6 is 11.3 Å². The number of rotatable bonds is 4. The number of nitrogens with zero attached hydrogens (tertiary/aromatic N) is 5. The molecule has 4 aromatic heterocycles. The summed E-state index contributed by atoms with van der Waals surface area (Å²) in [6.45, 7) is 1.24. The topological polar surface area (TPSA) is 158 Å². The first kappa shape index (κ1) is 20.8. The standard InChI is InChI=1S/C22H22N8O3S/c23-13-3-4-29(9-13)21(32)17-6-12(10-34-17)15-7-18(25-14-1-2-14)30-19(26-15)11(8-24-30)5-16-20(31)28-22(33)27-16/h5-8,10,13-14,31H,1-4,9,23H2,(H2,27,28,33)/t13-/m0/s1. The summed E-state index contributed by atoms with van der Waals surface area (Å²) in [7, 11) is 0. The number of amides is 1. The lowest BCUT2D eigenvalue weighted by molar-refractivity contribution is 0.0795. The summed E-state index contributed by atoms with van der Waals surface area (Å²) in [5.74, 6) is -0.274. The van der Waals surface area contributed by atoms with Crippen LogP contribution in [0, 0.1) is 0 Å². The van der Waals surface area contributed by atoms with Gasteiger partial charge in [0.2, 0.25) is 5.88 Å². The second kappa shape index (κ2) is 7.92. The minimum Gasteiger partial charge on any atom is -0.493 e. The van der Waals surface area contributed by atoms with Crippen LogP contribution in [0.2, 0.25) is 0 Å². The number of likely N-dealkylation sites (tertiary alicyclic amines) is 1. The molecule has 5 N–H and O–H groups in total. The summed E-state index contributed by atoms with van der Waals surface area (Å²) in [6, 6.07) is 4.02. The Kier molecular flexibility index (Phi) is 4.85. The lowest BCUT2D eigenvalue weighted by Gasteiger charge is -2.14. The number of H-pyrrole nitrogens is 2. The number of thiophene rings is 1. The van der Waals surface area contributed by atoms with Gasteiger partial charge in [-0.1, -0.05) is 0 Å². The lowest BCUT2D eigenvalue weighted by Crippen LogP contribution is -2.31. The third-order valence-corrected chi connectivity index (χ3v) is 6.91. The molecular formula is C22H22N8O3S. The molecular weight excluding hydrogens is 456 g/mol. The summed E-state index contributed by atoms with van der Waals surface area (Å²) < 4.78 is 1.65.